The molecule has 1 aromatic rings. The number of aromatic nitrogens is 1. The number of pyridine rings is 1. The van der Waals surface area contributed by atoms with Crippen molar-refractivity contribution in [2.75, 3.05) is 0 Å². The first kappa shape index (κ1) is 19.2. The number of phosphoric ester groups is 1. The van der Waals surface area contributed by atoms with E-state index in [1.165, 1.54) is 20.0 Å². The van der Waals surface area contributed by atoms with Gasteiger partial charge >= 0.3 is 15.4 Å². The number of phosphoric acid groups is 1. The number of rotatable bonds is 7. The fourth-order valence-corrected chi connectivity index (χ4v) is 2.16. The molecule has 126 valence electrons. The smallest absolute Gasteiger partial charge is 0.469 e. The maximum atomic E-state index is 11.1. The summed E-state index contributed by atoms with van der Waals surface area (Å²) in [5, 5.41) is 12.5. The van der Waals surface area contributed by atoms with E-state index in [4.69, 9.17) is 19.6 Å². The second-order valence-corrected chi connectivity index (χ2v) is 7.80. The number of hydrogen-bond acceptors (Lipinski definition) is 6. The average molecular weight is 356 g/mol. The summed E-state index contributed by atoms with van der Waals surface area (Å²) < 4.78 is 26.2. The van der Waals surface area contributed by atoms with Crippen LogP contribution in [0, 0.1) is 6.92 Å². The molecule has 0 unspecified atom stereocenters. The lowest BCUT2D eigenvalue weighted by atomic mass is 10.1. The van der Waals surface area contributed by atoms with Crippen LogP contribution in [-0.4, -0.2) is 35.4 Å². The van der Waals surface area contributed by atoms with Gasteiger partial charge in [-0.3, -0.25) is 19.4 Å². The summed E-state index contributed by atoms with van der Waals surface area (Å²) in [5.74, 6) is -1.40. The number of nitrogens with one attached hydrogen (secondary N) is 1. The van der Waals surface area contributed by atoms with E-state index < -0.39 is 27.8 Å². The van der Waals surface area contributed by atoms with E-state index in [0.29, 0.717) is 0 Å². The zero-order valence-corrected chi connectivity index (χ0v) is 13.7. The predicted octanol–water partition coefficient (Wildman–Crippen LogP) is 0.318. The SMILES string of the molecule is Cc1ncc(COP(=O)(O)O)c(CN[C@@H](C)P(=O)(O)O)c1O. The standard InChI is InChI=1S/C10H18N2O8P2/c1-6-10(13)9(4-12-7(2)21(14,15)16)8(3-11-6)5-20-22(17,18)19/h3,7,12-13H,4-5H2,1-2H3,(H2,14,15,16)(H2,17,18,19)/t7-/m1/s1. The third-order valence-electron chi connectivity index (χ3n) is 2.90. The minimum atomic E-state index is -4.70. The Morgan fingerprint density at radius 2 is 1.91 bits per heavy atom. The van der Waals surface area contributed by atoms with Crippen molar-refractivity contribution in [1.29, 1.82) is 0 Å². The molecular formula is C10H18N2O8P2. The minimum Gasteiger partial charge on any atom is -0.506 e. The minimum absolute atomic E-state index is 0.138. The number of nitrogens with zero attached hydrogens (tertiary/aromatic N) is 1. The van der Waals surface area contributed by atoms with Gasteiger partial charge in [0, 0.05) is 23.9 Å². The Morgan fingerprint density at radius 3 is 2.41 bits per heavy atom. The highest BCUT2D eigenvalue weighted by Crippen LogP contribution is 2.40. The number of aryl methyl sites for hydroxylation is 1. The molecule has 1 aromatic heterocycles. The van der Waals surface area contributed by atoms with Gasteiger partial charge in [0.05, 0.1) is 12.3 Å². The van der Waals surface area contributed by atoms with Crippen molar-refractivity contribution in [3.05, 3.63) is 23.0 Å². The molecule has 0 bridgehead atoms. The molecule has 22 heavy (non-hydrogen) atoms. The zero-order valence-electron chi connectivity index (χ0n) is 11.9. The Morgan fingerprint density at radius 1 is 1.32 bits per heavy atom. The second-order valence-electron chi connectivity index (χ2n) is 4.61. The maximum absolute atomic E-state index is 11.1. The summed E-state index contributed by atoms with van der Waals surface area (Å²) in [6, 6.07) is 0. The molecule has 0 radical (unpaired) electrons. The van der Waals surface area contributed by atoms with E-state index in [2.05, 4.69) is 14.8 Å². The van der Waals surface area contributed by atoms with E-state index in [-0.39, 0.29) is 29.1 Å². The first-order chi connectivity index (χ1) is 9.92. The van der Waals surface area contributed by atoms with Gasteiger partial charge in [0.15, 0.2) is 0 Å². The molecule has 6 N–H and O–H groups in total. The quantitative estimate of drug-likeness (QED) is 0.374. The van der Waals surface area contributed by atoms with Gasteiger partial charge in [0.2, 0.25) is 0 Å². The highest BCUT2D eigenvalue weighted by molar-refractivity contribution is 7.52. The van der Waals surface area contributed by atoms with Crippen molar-refractivity contribution in [3.63, 3.8) is 0 Å². The molecule has 1 rings (SSSR count). The molecular weight excluding hydrogens is 338 g/mol. The van der Waals surface area contributed by atoms with Crippen LogP contribution in [0.2, 0.25) is 0 Å². The highest BCUT2D eigenvalue weighted by atomic mass is 31.2. The fourth-order valence-electron chi connectivity index (χ4n) is 1.53. The summed E-state index contributed by atoms with van der Waals surface area (Å²) in [6.45, 7) is 2.14. The second kappa shape index (κ2) is 7.16. The topological polar surface area (TPSA) is 169 Å². The van der Waals surface area contributed by atoms with Crippen molar-refractivity contribution in [1.82, 2.24) is 10.3 Å². The van der Waals surface area contributed by atoms with Gasteiger partial charge in [-0.1, -0.05) is 0 Å². The molecule has 0 saturated carbocycles. The van der Waals surface area contributed by atoms with E-state index >= 15 is 0 Å². The van der Waals surface area contributed by atoms with Gasteiger partial charge in [0.1, 0.15) is 11.5 Å². The van der Waals surface area contributed by atoms with Crippen molar-refractivity contribution < 1.29 is 38.3 Å². The Kier molecular flexibility index (Phi) is 6.26. The Bertz CT molecular complexity index is 626. The molecule has 0 aliphatic heterocycles. The summed E-state index contributed by atoms with van der Waals surface area (Å²) in [4.78, 5) is 39.3. The Hall–Kier alpha value is -0.830. The van der Waals surface area contributed by atoms with E-state index in [9.17, 15) is 14.2 Å². The van der Waals surface area contributed by atoms with Gasteiger partial charge in [-0.15, -0.1) is 0 Å². The van der Waals surface area contributed by atoms with Crippen LogP contribution in [0.5, 0.6) is 5.75 Å². The highest BCUT2D eigenvalue weighted by Gasteiger charge is 2.24. The Labute approximate surface area is 126 Å². The van der Waals surface area contributed by atoms with Crippen LogP contribution in [-0.2, 0) is 26.8 Å². The maximum Gasteiger partial charge on any atom is 0.469 e. The van der Waals surface area contributed by atoms with Crippen LogP contribution in [0.4, 0.5) is 0 Å². The normalized spacial score (nSPS) is 14.1. The largest absolute Gasteiger partial charge is 0.506 e. The first-order valence-electron chi connectivity index (χ1n) is 6.07. The fraction of sp³-hybridized carbons (Fsp3) is 0.500. The van der Waals surface area contributed by atoms with Gasteiger partial charge in [0.25, 0.3) is 0 Å². The molecule has 0 aliphatic rings. The van der Waals surface area contributed by atoms with Crippen molar-refractivity contribution in [2.24, 2.45) is 0 Å². The van der Waals surface area contributed by atoms with Crippen molar-refractivity contribution >= 4 is 15.4 Å². The van der Waals surface area contributed by atoms with Crippen LogP contribution in [0.3, 0.4) is 0 Å². The average Bonchev–Trinajstić information content (AvgIpc) is 2.36. The summed E-state index contributed by atoms with van der Waals surface area (Å²) in [7, 11) is -9.04. The predicted molar refractivity (Wildman–Crippen MR) is 75.8 cm³/mol. The van der Waals surface area contributed by atoms with Gasteiger partial charge in [-0.05, 0) is 13.8 Å². The lowest BCUT2D eigenvalue weighted by Gasteiger charge is -2.18. The van der Waals surface area contributed by atoms with E-state index in [1.807, 2.05) is 0 Å². The zero-order chi connectivity index (χ0) is 17.1. The van der Waals surface area contributed by atoms with Crippen LogP contribution >= 0.6 is 15.4 Å². The van der Waals surface area contributed by atoms with Crippen LogP contribution in [0.25, 0.3) is 0 Å². The lowest BCUT2D eigenvalue weighted by molar-refractivity contribution is 0.188. The van der Waals surface area contributed by atoms with E-state index in [1.54, 1.807) is 0 Å². The van der Waals surface area contributed by atoms with Crippen molar-refractivity contribution in [2.45, 2.75) is 32.8 Å². The molecule has 1 heterocycles. The molecule has 0 amide bonds. The third kappa shape index (κ3) is 5.75. The lowest BCUT2D eigenvalue weighted by Crippen LogP contribution is -2.26. The molecule has 0 fully saturated rings. The summed E-state index contributed by atoms with van der Waals surface area (Å²) in [6.07, 6.45) is 1.27. The molecule has 0 spiro atoms. The molecule has 1 atom stereocenters. The summed E-state index contributed by atoms with van der Waals surface area (Å²) >= 11 is 0. The first-order valence-corrected chi connectivity index (χ1v) is 9.28. The van der Waals surface area contributed by atoms with Crippen LogP contribution in [0.15, 0.2) is 6.20 Å². The van der Waals surface area contributed by atoms with E-state index in [0.717, 1.165) is 0 Å². The number of aromatic hydroxyl groups is 1. The van der Waals surface area contributed by atoms with Gasteiger partial charge in [-0.2, -0.15) is 0 Å². The van der Waals surface area contributed by atoms with Gasteiger partial charge in [-0.25, -0.2) is 4.57 Å². The molecule has 0 aromatic carbocycles. The monoisotopic (exact) mass is 356 g/mol. The molecule has 0 saturated heterocycles. The molecule has 12 heteroatoms. The number of hydrogen-bond donors (Lipinski definition) is 6. The van der Waals surface area contributed by atoms with Crippen LogP contribution < -0.4 is 5.32 Å². The molecule has 10 nitrogen and oxygen atoms in total. The van der Waals surface area contributed by atoms with Crippen LogP contribution in [0.1, 0.15) is 23.7 Å². The van der Waals surface area contributed by atoms with Crippen molar-refractivity contribution in [3.8, 4) is 5.75 Å². The van der Waals surface area contributed by atoms with Gasteiger partial charge < -0.3 is 24.7 Å². The summed E-state index contributed by atoms with van der Waals surface area (Å²) in [5.41, 5.74) is 0.652. The third-order valence-corrected chi connectivity index (χ3v) is 4.55. The Balaban J connectivity index is 2.98. The molecule has 0 aliphatic carbocycles.